The quantitative estimate of drug-likeness (QED) is 0.142. The Labute approximate surface area is 266 Å². The molecule has 3 nitrogen and oxygen atoms in total. The summed E-state index contributed by atoms with van der Waals surface area (Å²) in [5.41, 5.74) is 5.59. The topological polar surface area (TPSA) is 38.7 Å². The summed E-state index contributed by atoms with van der Waals surface area (Å²) in [6, 6.07) is 53.6. The van der Waals surface area contributed by atoms with Gasteiger partial charge in [-0.2, -0.15) is 0 Å². The van der Waals surface area contributed by atoms with Crippen molar-refractivity contribution in [3.8, 4) is 45.3 Å². The Kier molecular flexibility index (Phi) is 6.15. The van der Waals surface area contributed by atoms with Crippen LogP contribution in [0.5, 0.6) is 0 Å². The molecule has 2 heterocycles. The maximum absolute atomic E-state index is 5.09. The normalized spacial score (nSPS) is 11.6. The second kappa shape index (κ2) is 10.6. The van der Waals surface area contributed by atoms with E-state index >= 15 is 0 Å². The van der Waals surface area contributed by atoms with Gasteiger partial charge in [-0.1, -0.05) is 0 Å². The van der Waals surface area contributed by atoms with Crippen LogP contribution in [-0.4, -0.2) is 29.5 Å². The summed E-state index contributed by atoms with van der Waals surface area (Å²) in [6.45, 7) is 0. The molecule has 0 saturated carbocycles. The molecule has 0 aliphatic rings. The number of hydrogen-bond acceptors (Lipinski definition) is 3. The predicted octanol–water partition coefficient (Wildman–Crippen LogP) is 10.2. The average molecular weight is 639 g/mol. The molecule has 45 heavy (non-hydrogen) atoms. The Balaban J connectivity index is 1.31. The predicted molar refractivity (Wildman–Crippen MR) is 189 cm³/mol. The SMILES string of the molecule is c1ccc(-c2nc(-c3ccccc3)nc(-c3cccc4[se]c5c(-c6cc7ccccc7c7ccccc67)cccc5c34)n2)cc1. The van der Waals surface area contributed by atoms with Gasteiger partial charge in [-0.3, -0.25) is 0 Å². The van der Waals surface area contributed by atoms with Crippen molar-refractivity contribution in [3.05, 3.63) is 152 Å². The van der Waals surface area contributed by atoms with Crippen molar-refractivity contribution in [2.75, 3.05) is 0 Å². The fourth-order valence-electron chi connectivity index (χ4n) is 6.45. The third-order valence-corrected chi connectivity index (χ3v) is 11.0. The molecule has 0 amide bonds. The molecule has 0 N–H and O–H groups in total. The van der Waals surface area contributed by atoms with Gasteiger partial charge in [0.25, 0.3) is 0 Å². The van der Waals surface area contributed by atoms with E-state index in [2.05, 4.69) is 115 Å². The van der Waals surface area contributed by atoms with Gasteiger partial charge in [0.2, 0.25) is 0 Å². The Morgan fingerprint density at radius 2 is 0.933 bits per heavy atom. The number of aromatic nitrogens is 3. The maximum atomic E-state index is 5.09. The minimum absolute atomic E-state index is 0.127. The molecule has 9 aromatic rings. The van der Waals surface area contributed by atoms with Crippen LogP contribution in [0.2, 0.25) is 0 Å². The van der Waals surface area contributed by atoms with Gasteiger partial charge < -0.3 is 0 Å². The third-order valence-electron chi connectivity index (χ3n) is 8.52. The molecule has 0 bridgehead atoms. The molecule has 0 radical (unpaired) electrons. The summed E-state index contributed by atoms with van der Waals surface area (Å²) in [6.07, 6.45) is 0. The monoisotopic (exact) mass is 639 g/mol. The minimum atomic E-state index is 0.127. The number of fused-ring (bicyclic) bond motifs is 6. The molecular weight excluding hydrogens is 613 g/mol. The van der Waals surface area contributed by atoms with E-state index in [0.29, 0.717) is 17.5 Å². The van der Waals surface area contributed by atoms with Crippen LogP contribution in [0, 0.1) is 0 Å². The van der Waals surface area contributed by atoms with E-state index in [-0.39, 0.29) is 14.5 Å². The summed E-state index contributed by atoms with van der Waals surface area (Å²) in [4.78, 5) is 15.1. The van der Waals surface area contributed by atoms with Crippen LogP contribution >= 0.6 is 0 Å². The van der Waals surface area contributed by atoms with E-state index < -0.39 is 0 Å². The number of nitrogens with zero attached hydrogens (tertiary/aromatic N) is 3. The molecule has 0 saturated heterocycles. The zero-order chi connectivity index (χ0) is 29.7. The van der Waals surface area contributed by atoms with E-state index in [1.165, 1.54) is 52.0 Å². The first-order chi connectivity index (χ1) is 22.3. The molecule has 0 aliphatic heterocycles. The van der Waals surface area contributed by atoms with Gasteiger partial charge in [-0.25, -0.2) is 0 Å². The van der Waals surface area contributed by atoms with Gasteiger partial charge in [-0.05, 0) is 0 Å². The number of hydrogen-bond donors (Lipinski definition) is 0. The molecule has 0 atom stereocenters. The van der Waals surface area contributed by atoms with Gasteiger partial charge >= 0.3 is 267 Å². The molecule has 210 valence electrons. The van der Waals surface area contributed by atoms with Gasteiger partial charge in [0, 0.05) is 0 Å². The van der Waals surface area contributed by atoms with Crippen molar-refractivity contribution < 1.29 is 0 Å². The Hall–Kier alpha value is -5.41. The van der Waals surface area contributed by atoms with Crippen molar-refractivity contribution in [1.29, 1.82) is 0 Å². The molecule has 7 aromatic carbocycles. The van der Waals surface area contributed by atoms with Crippen LogP contribution in [0.1, 0.15) is 0 Å². The van der Waals surface area contributed by atoms with E-state index in [1.807, 2.05) is 36.4 Å². The van der Waals surface area contributed by atoms with E-state index in [1.54, 1.807) is 0 Å². The van der Waals surface area contributed by atoms with Crippen LogP contribution < -0.4 is 0 Å². The standard InChI is InChI=1S/C41H25N3Se/c1-3-13-26(14-4-1)39-42-40(27-15-5-2-6-16-27)44-41(43-39)34-23-12-24-36-37(34)33-22-11-21-32(38(33)45-36)35-25-28-17-7-8-18-29(28)30-19-9-10-20-31(30)35/h1-25H. The fourth-order valence-corrected chi connectivity index (χ4v) is 9.09. The molecule has 0 spiro atoms. The van der Waals surface area contributed by atoms with Gasteiger partial charge in [0.1, 0.15) is 0 Å². The molecule has 0 aliphatic carbocycles. The third kappa shape index (κ3) is 4.38. The average Bonchev–Trinajstić information content (AvgIpc) is 3.51. The summed E-state index contributed by atoms with van der Waals surface area (Å²) in [5.74, 6) is 2.05. The number of benzene rings is 7. The van der Waals surface area contributed by atoms with Gasteiger partial charge in [-0.15, -0.1) is 0 Å². The Bertz CT molecular complexity index is 2480. The molecule has 2 aromatic heterocycles. The van der Waals surface area contributed by atoms with Gasteiger partial charge in [0.05, 0.1) is 0 Å². The second-order valence-corrected chi connectivity index (χ2v) is 13.4. The second-order valence-electron chi connectivity index (χ2n) is 11.2. The number of rotatable bonds is 4. The van der Waals surface area contributed by atoms with Crippen molar-refractivity contribution in [2.24, 2.45) is 0 Å². The molecular formula is C41H25N3Se. The van der Waals surface area contributed by atoms with Crippen molar-refractivity contribution >= 4 is 55.3 Å². The van der Waals surface area contributed by atoms with Crippen LogP contribution in [-0.2, 0) is 0 Å². The van der Waals surface area contributed by atoms with E-state index in [0.717, 1.165) is 16.7 Å². The van der Waals surface area contributed by atoms with Gasteiger partial charge in [0.15, 0.2) is 0 Å². The zero-order valence-corrected chi connectivity index (χ0v) is 25.9. The molecule has 4 heteroatoms. The van der Waals surface area contributed by atoms with Crippen molar-refractivity contribution in [2.45, 2.75) is 0 Å². The zero-order valence-electron chi connectivity index (χ0n) is 24.2. The first-order valence-corrected chi connectivity index (χ1v) is 16.8. The van der Waals surface area contributed by atoms with E-state index in [4.69, 9.17) is 15.0 Å². The van der Waals surface area contributed by atoms with Crippen LogP contribution in [0.25, 0.3) is 86.1 Å². The first-order valence-electron chi connectivity index (χ1n) is 15.0. The van der Waals surface area contributed by atoms with Crippen molar-refractivity contribution in [1.82, 2.24) is 15.0 Å². The molecule has 0 fully saturated rings. The molecule has 9 rings (SSSR count). The van der Waals surface area contributed by atoms with Crippen molar-refractivity contribution in [3.63, 3.8) is 0 Å². The first kappa shape index (κ1) is 26.0. The summed E-state index contributed by atoms with van der Waals surface area (Å²) in [5, 5.41) is 7.65. The summed E-state index contributed by atoms with van der Waals surface area (Å²) >= 11 is 0.127. The fraction of sp³-hybridized carbons (Fsp3) is 0. The summed E-state index contributed by atoms with van der Waals surface area (Å²) < 4.78 is 2.77. The van der Waals surface area contributed by atoms with Crippen LogP contribution in [0.3, 0.4) is 0 Å². The van der Waals surface area contributed by atoms with Crippen LogP contribution in [0.4, 0.5) is 0 Å². The Morgan fingerprint density at radius 3 is 1.67 bits per heavy atom. The molecule has 0 unspecified atom stereocenters. The summed E-state index contributed by atoms with van der Waals surface area (Å²) in [7, 11) is 0. The van der Waals surface area contributed by atoms with E-state index in [9.17, 15) is 0 Å². The Morgan fingerprint density at radius 1 is 0.378 bits per heavy atom. The van der Waals surface area contributed by atoms with Crippen LogP contribution in [0.15, 0.2) is 152 Å².